The maximum Gasteiger partial charge on any atom is 0.270 e. The van der Waals surface area contributed by atoms with Gasteiger partial charge in [0, 0.05) is 36.5 Å². The highest BCUT2D eigenvalue weighted by atomic mass is 32.2. The number of aromatic amines is 1. The Kier molecular flexibility index (Phi) is 4.72. The molecule has 1 fully saturated rings. The van der Waals surface area contributed by atoms with Gasteiger partial charge in [-0.2, -0.15) is 5.26 Å². The first-order chi connectivity index (χ1) is 12.0. The lowest BCUT2D eigenvalue weighted by Crippen LogP contribution is -2.20. The normalized spacial score (nSPS) is 13.7. The molecule has 0 radical (unpaired) electrons. The first-order valence-electron chi connectivity index (χ1n) is 7.67. The van der Waals surface area contributed by atoms with Crippen LogP contribution in [0, 0.1) is 21.4 Å². The molecule has 8 nitrogen and oxygen atoms in total. The molecule has 0 aliphatic carbocycles. The first-order valence-corrected chi connectivity index (χ1v) is 8.89. The van der Waals surface area contributed by atoms with Crippen LogP contribution in [0.3, 0.4) is 0 Å². The third-order valence-electron chi connectivity index (χ3n) is 4.10. The van der Waals surface area contributed by atoms with Crippen LogP contribution in [-0.2, 0) is 0 Å². The fraction of sp³-hybridized carbons (Fsp3) is 0.312. The Hall–Kier alpha value is -2.86. The van der Waals surface area contributed by atoms with Crippen molar-refractivity contribution in [3.63, 3.8) is 0 Å². The number of anilines is 1. The number of nitrogens with zero attached hydrogens (tertiary/aromatic N) is 4. The summed E-state index contributed by atoms with van der Waals surface area (Å²) in [5.74, 6) is 0. The lowest BCUT2D eigenvalue weighted by atomic mass is 10.0. The topological polar surface area (TPSA) is 116 Å². The van der Waals surface area contributed by atoms with Crippen molar-refractivity contribution in [3.05, 3.63) is 44.2 Å². The Labute approximate surface area is 147 Å². The van der Waals surface area contributed by atoms with Crippen LogP contribution in [0.4, 0.5) is 11.4 Å². The summed E-state index contributed by atoms with van der Waals surface area (Å²) in [4.78, 5) is 31.9. The van der Waals surface area contributed by atoms with Crippen molar-refractivity contribution >= 4 is 23.1 Å². The van der Waals surface area contributed by atoms with E-state index >= 15 is 0 Å². The van der Waals surface area contributed by atoms with E-state index in [-0.39, 0.29) is 16.9 Å². The minimum Gasteiger partial charge on any atom is -0.371 e. The van der Waals surface area contributed by atoms with Gasteiger partial charge in [-0.05, 0) is 25.2 Å². The smallest absolute Gasteiger partial charge is 0.270 e. The van der Waals surface area contributed by atoms with E-state index in [0.717, 1.165) is 31.6 Å². The van der Waals surface area contributed by atoms with Gasteiger partial charge in [0.25, 0.3) is 11.2 Å². The molecule has 0 amide bonds. The number of hydrogen-bond acceptors (Lipinski definition) is 7. The first kappa shape index (κ1) is 17.0. The number of non-ortho nitro benzene ring substituents is 1. The number of nitro benzene ring substituents is 1. The summed E-state index contributed by atoms with van der Waals surface area (Å²) >= 11 is 1.24. The van der Waals surface area contributed by atoms with Crippen LogP contribution in [0.5, 0.6) is 0 Å². The number of nitrogens with one attached hydrogen (secondary N) is 1. The largest absolute Gasteiger partial charge is 0.371 e. The standard InChI is InChI=1S/C16H15N5O3S/c1-25-16-18-14(12(9-17)15(22)19-16)11-8-10(21(23)24)4-5-13(11)20-6-2-3-7-20/h4-5,8H,2-3,6-7H2,1H3,(H,18,19,22). The van der Waals surface area contributed by atoms with Gasteiger partial charge in [-0.1, -0.05) is 11.8 Å². The molecule has 25 heavy (non-hydrogen) atoms. The van der Waals surface area contributed by atoms with Crippen molar-refractivity contribution in [1.82, 2.24) is 9.97 Å². The molecule has 1 saturated heterocycles. The van der Waals surface area contributed by atoms with E-state index in [0.29, 0.717) is 10.7 Å². The van der Waals surface area contributed by atoms with Gasteiger partial charge < -0.3 is 9.88 Å². The summed E-state index contributed by atoms with van der Waals surface area (Å²) in [5, 5.41) is 20.9. The van der Waals surface area contributed by atoms with Gasteiger partial charge in [0.05, 0.1) is 10.6 Å². The highest BCUT2D eigenvalue weighted by Crippen LogP contribution is 2.36. The quantitative estimate of drug-likeness (QED) is 0.387. The van der Waals surface area contributed by atoms with Crippen LogP contribution in [0.15, 0.2) is 28.2 Å². The molecule has 1 aliphatic rings. The summed E-state index contributed by atoms with van der Waals surface area (Å²) in [6.45, 7) is 1.65. The van der Waals surface area contributed by atoms with Gasteiger partial charge >= 0.3 is 0 Å². The highest BCUT2D eigenvalue weighted by molar-refractivity contribution is 7.98. The van der Waals surface area contributed by atoms with Crippen molar-refractivity contribution in [3.8, 4) is 17.3 Å². The van der Waals surface area contributed by atoms with E-state index in [2.05, 4.69) is 14.9 Å². The van der Waals surface area contributed by atoms with Gasteiger partial charge in [0.2, 0.25) is 0 Å². The Balaban J connectivity index is 2.29. The number of thioether (sulfide) groups is 1. The van der Waals surface area contributed by atoms with Gasteiger partial charge in [0.1, 0.15) is 11.6 Å². The number of rotatable bonds is 4. The third-order valence-corrected chi connectivity index (χ3v) is 4.68. The molecular weight excluding hydrogens is 342 g/mol. The van der Waals surface area contributed by atoms with E-state index in [9.17, 15) is 20.2 Å². The molecule has 2 aromatic rings. The second kappa shape index (κ2) is 6.94. The molecule has 0 bridgehead atoms. The Morgan fingerprint density at radius 2 is 2.12 bits per heavy atom. The zero-order valence-electron chi connectivity index (χ0n) is 13.5. The van der Waals surface area contributed by atoms with Crippen LogP contribution in [-0.4, -0.2) is 34.2 Å². The van der Waals surface area contributed by atoms with Crippen LogP contribution < -0.4 is 10.5 Å². The summed E-state index contributed by atoms with van der Waals surface area (Å²) in [6, 6.07) is 6.37. The fourth-order valence-electron chi connectivity index (χ4n) is 2.91. The highest BCUT2D eigenvalue weighted by Gasteiger charge is 2.23. The van der Waals surface area contributed by atoms with E-state index < -0.39 is 10.5 Å². The van der Waals surface area contributed by atoms with Crippen LogP contribution in [0.2, 0.25) is 0 Å². The van der Waals surface area contributed by atoms with Crippen LogP contribution >= 0.6 is 11.8 Å². The SMILES string of the molecule is CSc1nc(-c2cc([N+](=O)[O-])ccc2N2CCCC2)c(C#N)c(=O)[nH]1. The minimum absolute atomic E-state index is 0.102. The van der Waals surface area contributed by atoms with E-state index in [1.807, 2.05) is 6.07 Å². The molecule has 3 rings (SSSR count). The zero-order chi connectivity index (χ0) is 18.0. The van der Waals surface area contributed by atoms with Crippen LogP contribution in [0.25, 0.3) is 11.3 Å². The molecule has 0 saturated carbocycles. The predicted octanol–water partition coefficient (Wildman–Crippen LogP) is 2.54. The lowest BCUT2D eigenvalue weighted by Gasteiger charge is -2.21. The molecule has 1 aromatic heterocycles. The molecule has 2 heterocycles. The maximum atomic E-state index is 12.2. The monoisotopic (exact) mass is 357 g/mol. The summed E-state index contributed by atoms with van der Waals surface area (Å²) in [5.41, 5.74) is 0.587. The van der Waals surface area contributed by atoms with E-state index in [4.69, 9.17) is 0 Å². The fourth-order valence-corrected chi connectivity index (χ4v) is 3.29. The summed E-state index contributed by atoms with van der Waals surface area (Å²) in [6.07, 6.45) is 3.81. The van der Waals surface area contributed by atoms with Crippen molar-refractivity contribution in [2.75, 3.05) is 24.2 Å². The van der Waals surface area contributed by atoms with Crippen molar-refractivity contribution < 1.29 is 4.92 Å². The molecule has 0 atom stereocenters. The number of nitro groups is 1. The second-order valence-electron chi connectivity index (χ2n) is 5.56. The minimum atomic E-state index is -0.546. The Morgan fingerprint density at radius 3 is 2.72 bits per heavy atom. The van der Waals surface area contributed by atoms with Crippen molar-refractivity contribution in [1.29, 1.82) is 5.26 Å². The summed E-state index contributed by atoms with van der Waals surface area (Å²) < 4.78 is 0. The molecular formula is C16H15N5O3S. The molecule has 0 spiro atoms. The number of hydrogen-bond donors (Lipinski definition) is 1. The zero-order valence-corrected chi connectivity index (χ0v) is 14.3. The van der Waals surface area contributed by atoms with Crippen molar-refractivity contribution in [2.24, 2.45) is 0 Å². The van der Waals surface area contributed by atoms with Gasteiger partial charge in [-0.25, -0.2) is 4.98 Å². The number of nitriles is 1. The molecule has 0 unspecified atom stereocenters. The summed E-state index contributed by atoms with van der Waals surface area (Å²) in [7, 11) is 0. The Bertz CT molecular complexity index is 928. The molecule has 1 N–H and O–H groups in total. The maximum absolute atomic E-state index is 12.2. The second-order valence-corrected chi connectivity index (χ2v) is 6.36. The van der Waals surface area contributed by atoms with Crippen LogP contribution in [0.1, 0.15) is 18.4 Å². The van der Waals surface area contributed by atoms with Gasteiger partial charge in [0.15, 0.2) is 5.16 Å². The molecule has 128 valence electrons. The van der Waals surface area contributed by atoms with Crippen molar-refractivity contribution in [2.45, 2.75) is 18.0 Å². The molecule has 9 heteroatoms. The average Bonchev–Trinajstić information content (AvgIpc) is 3.14. The predicted molar refractivity (Wildman–Crippen MR) is 94.9 cm³/mol. The lowest BCUT2D eigenvalue weighted by molar-refractivity contribution is -0.384. The number of benzene rings is 1. The number of aromatic nitrogens is 2. The van der Waals surface area contributed by atoms with Gasteiger partial charge in [-0.15, -0.1) is 0 Å². The van der Waals surface area contributed by atoms with Gasteiger partial charge in [-0.3, -0.25) is 14.9 Å². The molecule has 1 aromatic carbocycles. The number of H-pyrrole nitrogens is 1. The Morgan fingerprint density at radius 1 is 1.40 bits per heavy atom. The average molecular weight is 357 g/mol. The van der Waals surface area contributed by atoms with E-state index in [1.165, 1.54) is 23.9 Å². The third kappa shape index (κ3) is 3.21. The molecule has 1 aliphatic heterocycles. The van der Waals surface area contributed by atoms with E-state index in [1.54, 1.807) is 12.3 Å².